The van der Waals surface area contributed by atoms with Gasteiger partial charge in [-0.3, -0.25) is 0 Å². The molecule has 0 aliphatic rings. The van der Waals surface area contributed by atoms with Crippen molar-refractivity contribution in [3.05, 3.63) is 18.5 Å². The lowest BCUT2D eigenvalue weighted by Gasteiger charge is -2.29. The average molecular weight is 264 g/mol. The summed E-state index contributed by atoms with van der Waals surface area (Å²) in [5.74, 6) is 0. The van der Waals surface area contributed by atoms with Crippen LogP contribution in [-0.4, -0.2) is 27.2 Å². The molecule has 1 unspecified atom stereocenters. The molecule has 0 bridgehead atoms. The summed E-state index contributed by atoms with van der Waals surface area (Å²) >= 11 is 4.42. The second kappa shape index (κ2) is 3.35. The van der Waals surface area contributed by atoms with Crippen molar-refractivity contribution in [2.75, 3.05) is 0 Å². The molecule has 1 aromatic rings. The summed E-state index contributed by atoms with van der Waals surface area (Å²) in [6.07, 6.45) is 1.42. The van der Waals surface area contributed by atoms with E-state index in [1.165, 1.54) is 0 Å². The van der Waals surface area contributed by atoms with Crippen LogP contribution in [0.25, 0.3) is 0 Å². The molecule has 86 valence electrons. The van der Waals surface area contributed by atoms with Crippen LogP contribution < -0.4 is 0 Å². The topological polar surface area (TPSA) is 75.0 Å². The van der Waals surface area contributed by atoms with E-state index in [2.05, 4.69) is 16.7 Å². The van der Waals surface area contributed by atoms with E-state index in [4.69, 9.17) is 0 Å². The molecule has 10 heteroatoms. The van der Waals surface area contributed by atoms with Crippen molar-refractivity contribution < 1.29 is 26.1 Å². The van der Waals surface area contributed by atoms with Gasteiger partial charge in [0.25, 0.3) is 0 Å². The third-order valence-electron chi connectivity index (χ3n) is 1.46. The van der Waals surface area contributed by atoms with Crippen LogP contribution in [0.15, 0.2) is 18.5 Å². The minimum atomic E-state index is -6.05. The van der Waals surface area contributed by atoms with Crippen LogP contribution in [-0.2, 0) is 16.2 Å². The van der Waals surface area contributed by atoms with Gasteiger partial charge in [0.05, 0.1) is 0 Å². The van der Waals surface area contributed by atoms with Gasteiger partial charge >= 0.3 is 10.5 Å². The van der Waals surface area contributed by atoms with Gasteiger partial charge in [0.1, 0.15) is 0 Å². The highest BCUT2D eigenvalue weighted by atomic mass is 35.5. The van der Waals surface area contributed by atoms with Gasteiger partial charge in [-0.2, -0.15) is 13.9 Å². The third kappa shape index (κ3) is 1.82. The van der Waals surface area contributed by atoms with E-state index in [9.17, 15) is 26.1 Å². The smallest absolute Gasteiger partial charge is 0.404 e. The summed E-state index contributed by atoms with van der Waals surface area (Å²) in [7, 11) is -6.05. The van der Waals surface area contributed by atoms with Crippen LogP contribution in [0.3, 0.4) is 0 Å². The van der Waals surface area contributed by atoms with Gasteiger partial charge in [0.2, 0.25) is 0 Å². The Kier molecular flexibility index (Phi) is 2.74. The summed E-state index contributed by atoms with van der Waals surface area (Å²) in [6.45, 7) is 0. The quantitative estimate of drug-likeness (QED) is 0.598. The van der Waals surface area contributed by atoms with Gasteiger partial charge in [-0.05, 0) is 6.07 Å². The Balaban J connectivity index is 3.29. The molecule has 0 spiro atoms. The highest BCUT2D eigenvalue weighted by molar-refractivity contribution is 7.88. The first-order chi connectivity index (χ1) is 6.61. The standard InChI is InChI=1S/C5H4ClF3N2O3S/c6-4(7,15(12,13)14)5(8,9)11-3-1-2-10-11/h1-3H,(H,12,13,14)/p-1. The first-order valence-corrected chi connectivity index (χ1v) is 5.10. The number of aromatic nitrogens is 2. The van der Waals surface area contributed by atoms with Crippen molar-refractivity contribution in [1.82, 2.24) is 9.78 Å². The minimum Gasteiger partial charge on any atom is -0.744 e. The van der Waals surface area contributed by atoms with Crippen molar-refractivity contribution in [2.45, 2.75) is 10.5 Å². The molecule has 0 aliphatic carbocycles. The van der Waals surface area contributed by atoms with E-state index in [-0.39, 0.29) is 4.68 Å². The molecule has 0 N–H and O–H groups in total. The van der Waals surface area contributed by atoms with Crippen LogP contribution in [0, 0.1) is 0 Å². The molecule has 1 heterocycles. The molecule has 1 atom stereocenters. The van der Waals surface area contributed by atoms with Gasteiger partial charge in [-0.1, -0.05) is 11.6 Å². The first kappa shape index (κ1) is 12.3. The van der Waals surface area contributed by atoms with E-state index in [1.54, 1.807) is 0 Å². The van der Waals surface area contributed by atoms with Crippen molar-refractivity contribution >= 4 is 21.7 Å². The zero-order valence-corrected chi connectivity index (χ0v) is 8.34. The Morgan fingerprint density at radius 3 is 2.27 bits per heavy atom. The fourth-order valence-electron chi connectivity index (χ4n) is 0.719. The van der Waals surface area contributed by atoms with Gasteiger partial charge in [0, 0.05) is 12.4 Å². The van der Waals surface area contributed by atoms with Crippen molar-refractivity contribution in [3.63, 3.8) is 0 Å². The summed E-state index contributed by atoms with van der Waals surface area (Å²) in [5.41, 5.74) is 0. The molecule has 15 heavy (non-hydrogen) atoms. The Bertz CT molecular complexity index is 444. The Labute approximate surface area is 87.2 Å². The molecule has 1 rings (SSSR count). The second-order valence-corrected chi connectivity index (χ2v) is 4.68. The molecule has 0 aromatic carbocycles. The number of rotatable bonds is 3. The van der Waals surface area contributed by atoms with Gasteiger partial charge in [-0.25, -0.2) is 17.5 Å². The highest BCUT2D eigenvalue weighted by Gasteiger charge is 2.61. The summed E-state index contributed by atoms with van der Waals surface area (Å²) in [5, 5.41) is 2.91. The lowest BCUT2D eigenvalue weighted by atomic mass is 10.6. The number of alkyl halides is 4. The van der Waals surface area contributed by atoms with E-state index in [0.29, 0.717) is 6.20 Å². The molecule has 0 aliphatic heterocycles. The van der Waals surface area contributed by atoms with E-state index >= 15 is 0 Å². The zero-order valence-electron chi connectivity index (χ0n) is 6.77. The normalized spacial score (nSPS) is 17.4. The molecular formula is C5H3ClF3N2O3S-. The van der Waals surface area contributed by atoms with E-state index in [0.717, 1.165) is 12.3 Å². The Hall–Kier alpha value is -0.800. The predicted molar refractivity (Wildman–Crippen MR) is 41.8 cm³/mol. The predicted octanol–water partition coefficient (Wildman–Crippen LogP) is 0.840. The molecule has 0 fully saturated rings. The van der Waals surface area contributed by atoms with Gasteiger partial charge in [-0.15, -0.1) is 0 Å². The molecule has 0 radical (unpaired) electrons. The number of halogens is 4. The fourth-order valence-corrected chi connectivity index (χ4v) is 1.20. The van der Waals surface area contributed by atoms with Crippen LogP contribution in [0.4, 0.5) is 13.2 Å². The van der Waals surface area contributed by atoms with Crippen LogP contribution in [0.1, 0.15) is 0 Å². The van der Waals surface area contributed by atoms with E-state index < -0.39 is 20.6 Å². The second-order valence-electron chi connectivity index (χ2n) is 2.46. The number of hydrogen-bond donors (Lipinski definition) is 0. The lowest BCUT2D eigenvalue weighted by molar-refractivity contribution is -0.143. The molecule has 0 amide bonds. The number of nitrogens with zero attached hydrogens (tertiary/aromatic N) is 2. The maximum atomic E-state index is 13.1. The molecule has 1 aromatic heterocycles. The third-order valence-corrected chi connectivity index (χ3v) is 3.12. The van der Waals surface area contributed by atoms with Crippen LogP contribution >= 0.6 is 11.6 Å². The Morgan fingerprint density at radius 2 is 1.93 bits per heavy atom. The maximum Gasteiger partial charge on any atom is 0.404 e. The SMILES string of the molecule is O=S(=O)([O-])C(F)(Cl)C(F)(F)n1cccn1. The highest BCUT2D eigenvalue weighted by Crippen LogP contribution is 2.43. The molecule has 0 saturated heterocycles. The minimum absolute atomic E-state index is 0.352. The van der Waals surface area contributed by atoms with E-state index in [1.807, 2.05) is 0 Å². The van der Waals surface area contributed by atoms with Crippen LogP contribution in [0.2, 0.25) is 0 Å². The zero-order chi connectivity index (χ0) is 11.9. The maximum absolute atomic E-state index is 13.1. The van der Waals surface area contributed by atoms with Crippen molar-refractivity contribution in [3.8, 4) is 0 Å². The monoisotopic (exact) mass is 263 g/mol. The molecule has 0 saturated carbocycles. The summed E-state index contributed by atoms with van der Waals surface area (Å²) in [4.78, 5) is 0. The van der Waals surface area contributed by atoms with Crippen LogP contribution in [0.5, 0.6) is 0 Å². The van der Waals surface area contributed by atoms with Gasteiger partial charge in [0.15, 0.2) is 10.1 Å². The molecular weight excluding hydrogens is 261 g/mol. The van der Waals surface area contributed by atoms with Crippen molar-refractivity contribution in [1.29, 1.82) is 0 Å². The molecule has 5 nitrogen and oxygen atoms in total. The lowest BCUT2D eigenvalue weighted by Crippen LogP contribution is -2.48. The Morgan fingerprint density at radius 1 is 1.40 bits per heavy atom. The summed E-state index contributed by atoms with van der Waals surface area (Å²) in [6, 6.07) is -3.81. The number of hydrogen-bond acceptors (Lipinski definition) is 4. The first-order valence-electron chi connectivity index (χ1n) is 3.32. The fraction of sp³-hybridized carbons (Fsp3) is 0.400. The largest absolute Gasteiger partial charge is 0.744 e. The average Bonchev–Trinajstić information content (AvgIpc) is 2.53. The van der Waals surface area contributed by atoms with Gasteiger partial charge < -0.3 is 4.55 Å². The summed E-state index contributed by atoms with van der Waals surface area (Å²) < 4.78 is 64.6. The van der Waals surface area contributed by atoms with Crippen molar-refractivity contribution in [2.24, 2.45) is 0 Å².